The van der Waals surface area contributed by atoms with Gasteiger partial charge in [-0.15, -0.1) is 0 Å². The molecule has 0 rings (SSSR count). The standard InChI is InChI=1S/C16H31NO3/c1-3-4-5-6-7-8-9-10-11-12-15(18)14(2)13-16(19)20-17/h14H,3-13,17H2,1-2H3. The maximum absolute atomic E-state index is 11.8. The van der Waals surface area contributed by atoms with Gasteiger partial charge in [-0.25, -0.2) is 0 Å². The molecular formula is C16H31NO3. The van der Waals surface area contributed by atoms with E-state index in [1.54, 1.807) is 6.92 Å². The molecule has 2 N–H and O–H groups in total. The maximum atomic E-state index is 11.8. The van der Waals surface area contributed by atoms with Crippen LogP contribution < -0.4 is 5.90 Å². The number of hydrogen-bond donors (Lipinski definition) is 1. The minimum atomic E-state index is -0.516. The Labute approximate surface area is 123 Å². The Kier molecular flexibility index (Phi) is 12.5. The van der Waals surface area contributed by atoms with Crippen molar-refractivity contribution in [1.29, 1.82) is 0 Å². The van der Waals surface area contributed by atoms with Crippen LogP contribution in [0.5, 0.6) is 0 Å². The molecule has 0 fully saturated rings. The first-order chi connectivity index (χ1) is 9.61. The van der Waals surface area contributed by atoms with Crippen molar-refractivity contribution >= 4 is 11.8 Å². The summed E-state index contributed by atoms with van der Waals surface area (Å²) < 4.78 is 0. The summed E-state index contributed by atoms with van der Waals surface area (Å²) in [6, 6.07) is 0. The molecule has 1 unspecified atom stereocenters. The van der Waals surface area contributed by atoms with Crippen molar-refractivity contribution in [3.8, 4) is 0 Å². The largest absolute Gasteiger partial charge is 0.373 e. The van der Waals surface area contributed by atoms with Gasteiger partial charge in [0.2, 0.25) is 0 Å². The molecule has 0 saturated carbocycles. The fourth-order valence-electron chi connectivity index (χ4n) is 2.27. The highest BCUT2D eigenvalue weighted by Crippen LogP contribution is 2.13. The second kappa shape index (κ2) is 13.1. The van der Waals surface area contributed by atoms with Crippen LogP contribution in [-0.2, 0) is 14.4 Å². The summed E-state index contributed by atoms with van der Waals surface area (Å²) in [5.74, 6) is 4.10. The minimum Gasteiger partial charge on any atom is -0.373 e. The average molecular weight is 285 g/mol. The summed E-state index contributed by atoms with van der Waals surface area (Å²) in [6.45, 7) is 3.98. The molecule has 0 aliphatic rings. The second-order valence-electron chi connectivity index (χ2n) is 5.64. The third-order valence-corrected chi connectivity index (χ3v) is 3.68. The van der Waals surface area contributed by atoms with E-state index in [-0.39, 0.29) is 18.1 Å². The number of unbranched alkanes of at least 4 members (excludes halogenated alkanes) is 8. The molecule has 0 aromatic heterocycles. The first kappa shape index (κ1) is 19.1. The number of carbonyl (C=O) groups is 2. The van der Waals surface area contributed by atoms with Gasteiger partial charge in [-0.2, -0.15) is 5.90 Å². The molecule has 0 aliphatic heterocycles. The molecule has 0 aromatic rings. The third kappa shape index (κ3) is 11.0. The Hall–Kier alpha value is -0.900. The molecule has 0 radical (unpaired) electrons. The van der Waals surface area contributed by atoms with E-state index < -0.39 is 5.97 Å². The van der Waals surface area contributed by atoms with E-state index in [4.69, 9.17) is 5.90 Å². The monoisotopic (exact) mass is 285 g/mol. The highest BCUT2D eigenvalue weighted by molar-refractivity contribution is 5.84. The van der Waals surface area contributed by atoms with Crippen LogP contribution in [0.2, 0.25) is 0 Å². The lowest BCUT2D eigenvalue weighted by Gasteiger charge is -2.08. The molecule has 0 saturated heterocycles. The van der Waals surface area contributed by atoms with Crippen molar-refractivity contribution in [3.63, 3.8) is 0 Å². The number of Topliss-reactive ketones (excluding diaryl/α,β-unsaturated/α-hetero) is 1. The molecule has 0 aromatic carbocycles. The van der Waals surface area contributed by atoms with E-state index >= 15 is 0 Å². The minimum absolute atomic E-state index is 0.0900. The van der Waals surface area contributed by atoms with E-state index in [0.717, 1.165) is 12.8 Å². The quantitative estimate of drug-likeness (QED) is 0.411. The number of carbonyl (C=O) groups excluding carboxylic acids is 2. The zero-order valence-corrected chi connectivity index (χ0v) is 13.2. The molecule has 0 heterocycles. The normalized spacial score (nSPS) is 12.2. The van der Waals surface area contributed by atoms with Gasteiger partial charge in [-0.1, -0.05) is 65.2 Å². The van der Waals surface area contributed by atoms with E-state index in [0.29, 0.717) is 6.42 Å². The summed E-state index contributed by atoms with van der Waals surface area (Å²) in [7, 11) is 0. The molecule has 0 aliphatic carbocycles. The highest BCUT2D eigenvalue weighted by atomic mass is 16.7. The topological polar surface area (TPSA) is 69.4 Å². The van der Waals surface area contributed by atoms with Gasteiger partial charge in [0, 0.05) is 12.3 Å². The summed E-state index contributed by atoms with van der Waals surface area (Å²) >= 11 is 0. The van der Waals surface area contributed by atoms with Crippen molar-refractivity contribution in [2.45, 2.75) is 84.5 Å². The van der Waals surface area contributed by atoms with E-state index in [1.165, 1.54) is 44.9 Å². The first-order valence-electron chi connectivity index (χ1n) is 8.04. The maximum Gasteiger partial charge on any atom is 0.325 e. The van der Waals surface area contributed by atoms with Crippen LogP contribution in [0.25, 0.3) is 0 Å². The predicted octanol–water partition coefficient (Wildman–Crippen LogP) is 3.92. The zero-order chi connectivity index (χ0) is 15.2. The fourth-order valence-corrected chi connectivity index (χ4v) is 2.27. The number of rotatable bonds is 13. The molecular weight excluding hydrogens is 254 g/mol. The van der Waals surface area contributed by atoms with Gasteiger partial charge in [0.25, 0.3) is 0 Å². The van der Waals surface area contributed by atoms with Crippen LogP contribution in [-0.4, -0.2) is 11.8 Å². The summed E-state index contributed by atoms with van der Waals surface area (Å²) in [4.78, 5) is 26.8. The molecule has 118 valence electrons. The van der Waals surface area contributed by atoms with Crippen LogP contribution in [0.15, 0.2) is 0 Å². The zero-order valence-electron chi connectivity index (χ0n) is 13.2. The van der Waals surface area contributed by atoms with Crippen LogP contribution in [0.3, 0.4) is 0 Å². The molecule has 4 heteroatoms. The van der Waals surface area contributed by atoms with Gasteiger partial charge in [-0.05, 0) is 6.42 Å². The highest BCUT2D eigenvalue weighted by Gasteiger charge is 2.16. The molecule has 20 heavy (non-hydrogen) atoms. The molecule has 0 bridgehead atoms. The lowest BCUT2D eigenvalue weighted by Crippen LogP contribution is -2.19. The lowest BCUT2D eigenvalue weighted by atomic mass is 9.97. The Balaban J connectivity index is 3.41. The molecule has 4 nitrogen and oxygen atoms in total. The van der Waals surface area contributed by atoms with Crippen LogP contribution in [0.1, 0.15) is 84.5 Å². The number of ketones is 1. The van der Waals surface area contributed by atoms with Crippen molar-refractivity contribution in [3.05, 3.63) is 0 Å². The van der Waals surface area contributed by atoms with Crippen molar-refractivity contribution < 1.29 is 14.4 Å². The van der Waals surface area contributed by atoms with Crippen LogP contribution in [0, 0.1) is 5.92 Å². The van der Waals surface area contributed by atoms with E-state index in [2.05, 4.69) is 11.8 Å². The van der Waals surface area contributed by atoms with Crippen LogP contribution in [0.4, 0.5) is 0 Å². The van der Waals surface area contributed by atoms with Gasteiger partial charge >= 0.3 is 5.97 Å². The van der Waals surface area contributed by atoms with Crippen molar-refractivity contribution in [2.75, 3.05) is 0 Å². The summed E-state index contributed by atoms with van der Waals surface area (Å²) in [5, 5.41) is 0. The van der Waals surface area contributed by atoms with E-state index in [9.17, 15) is 9.59 Å². The van der Waals surface area contributed by atoms with Gasteiger partial charge in [0.15, 0.2) is 0 Å². The molecule has 1 atom stereocenters. The number of hydrogen-bond acceptors (Lipinski definition) is 4. The first-order valence-corrected chi connectivity index (χ1v) is 8.04. The van der Waals surface area contributed by atoms with Crippen LogP contribution >= 0.6 is 0 Å². The third-order valence-electron chi connectivity index (χ3n) is 3.68. The Morgan fingerprint density at radius 3 is 1.95 bits per heavy atom. The average Bonchev–Trinajstić information content (AvgIpc) is 2.45. The Morgan fingerprint density at radius 2 is 1.45 bits per heavy atom. The Morgan fingerprint density at radius 1 is 0.950 bits per heavy atom. The van der Waals surface area contributed by atoms with Gasteiger partial charge < -0.3 is 4.84 Å². The lowest BCUT2D eigenvalue weighted by molar-refractivity contribution is -0.146. The fraction of sp³-hybridized carbons (Fsp3) is 0.875. The molecule has 0 spiro atoms. The van der Waals surface area contributed by atoms with Gasteiger partial charge in [0.1, 0.15) is 5.78 Å². The van der Waals surface area contributed by atoms with E-state index in [1.807, 2.05) is 0 Å². The SMILES string of the molecule is CCCCCCCCCCCC(=O)C(C)CC(=O)ON. The predicted molar refractivity (Wildman–Crippen MR) is 80.9 cm³/mol. The Bertz CT molecular complexity index is 266. The van der Waals surface area contributed by atoms with Crippen molar-refractivity contribution in [1.82, 2.24) is 0 Å². The van der Waals surface area contributed by atoms with Crippen molar-refractivity contribution in [2.24, 2.45) is 11.8 Å². The van der Waals surface area contributed by atoms with Gasteiger partial charge in [0.05, 0.1) is 6.42 Å². The second-order valence-corrected chi connectivity index (χ2v) is 5.64. The number of nitrogens with two attached hydrogens (primary N) is 1. The summed E-state index contributed by atoms with van der Waals surface area (Å²) in [5.41, 5.74) is 0. The van der Waals surface area contributed by atoms with Gasteiger partial charge in [-0.3, -0.25) is 9.59 Å². The summed E-state index contributed by atoms with van der Waals surface area (Å²) in [6.07, 6.45) is 11.8. The smallest absolute Gasteiger partial charge is 0.325 e. The molecule has 0 amide bonds.